The van der Waals surface area contributed by atoms with Crippen LogP contribution in [0.5, 0.6) is 0 Å². The Labute approximate surface area is 84.7 Å². The predicted octanol–water partition coefficient (Wildman–Crippen LogP) is 1.56. The molecule has 0 amide bonds. The highest BCUT2D eigenvalue weighted by atomic mass is 16.3. The van der Waals surface area contributed by atoms with Crippen LogP contribution in [0.15, 0.2) is 18.2 Å². The molecule has 0 fully saturated rings. The van der Waals surface area contributed by atoms with E-state index in [1.807, 2.05) is 6.07 Å². The van der Waals surface area contributed by atoms with Crippen molar-refractivity contribution < 1.29 is 5.11 Å². The van der Waals surface area contributed by atoms with Crippen molar-refractivity contribution in [2.45, 2.75) is 38.3 Å². The fourth-order valence-electron chi connectivity index (χ4n) is 2.08. The monoisotopic (exact) mass is 191 g/mol. The molecule has 76 valence electrons. The van der Waals surface area contributed by atoms with E-state index in [1.54, 1.807) is 6.92 Å². The summed E-state index contributed by atoms with van der Waals surface area (Å²) in [5.41, 5.74) is 9.80. The molecule has 0 spiro atoms. The average molecular weight is 191 g/mol. The van der Waals surface area contributed by atoms with Crippen molar-refractivity contribution in [2.24, 2.45) is 5.73 Å². The second kappa shape index (κ2) is 3.71. The van der Waals surface area contributed by atoms with Crippen LogP contribution in [0, 0.1) is 0 Å². The molecule has 0 bridgehead atoms. The number of aliphatic hydroxyl groups is 1. The quantitative estimate of drug-likeness (QED) is 0.745. The number of nitrogens with two attached hydrogens (primary N) is 1. The molecule has 0 saturated heterocycles. The lowest BCUT2D eigenvalue weighted by Crippen LogP contribution is -2.23. The van der Waals surface area contributed by atoms with Crippen molar-refractivity contribution >= 4 is 0 Å². The highest BCUT2D eigenvalue weighted by molar-refractivity contribution is 5.36. The van der Waals surface area contributed by atoms with Gasteiger partial charge in [-0.15, -0.1) is 0 Å². The Bertz CT molecular complexity index is 333. The standard InChI is InChI=1S/C12H17NO/c1-8(14)12(13)11-6-5-9-3-2-4-10(9)7-11/h5-8,12,14H,2-4,13H2,1H3/t8-,12-/m0/s1. The van der Waals surface area contributed by atoms with Crippen LogP contribution in [0.3, 0.4) is 0 Å². The Balaban J connectivity index is 2.28. The summed E-state index contributed by atoms with van der Waals surface area (Å²) in [5.74, 6) is 0. The lowest BCUT2D eigenvalue weighted by molar-refractivity contribution is 0.164. The largest absolute Gasteiger partial charge is 0.391 e. The maximum Gasteiger partial charge on any atom is 0.0704 e. The van der Waals surface area contributed by atoms with Gasteiger partial charge in [0, 0.05) is 0 Å². The Kier molecular flexibility index (Phi) is 2.57. The summed E-state index contributed by atoms with van der Waals surface area (Å²) >= 11 is 0. The number of hydrogen-bond donors (Lipinski definition) is 2. The van der Waals surface area contributed by atoms with Crippen LogP contribution in [-0.4, -0.2) is 11.2 Å². The predicted molar refractivity (Wildman–Crippen MR) is 57.1 cm³/mol. The highest BCUT2D eigenvalue weighted by Gasteiger charge is 2.16. The lowest BCUT2D eigenvalue weighted by atomic mass is 9.99. The lowest BCUT2D eigenvalue weighted by Gasteiger charge is -2.16. The zero-order valence-electron chi connectivity index (χ0n) is 8.53. The summed E-state index contributed by atoms with van der Waals surface area (Å²) in [7, 11) is 0. The van der Waals surface area contributed by atoms with Gasteiger partial charge in [0.15, 0.2) is 0 Å². The molecule has 2 heteroatoms. The molecule has 0 aliphatic heterocycles. The molecule has 2 rings (SSSR count). The van der Waals surface area contributed by atoms with Crippen molar-refractivity contribution in [3.63, 3.8) is 0 Å². The molecule has 1 aromatic carbocycles. The molecule has 3 N–H and O–H groups in total. The van der Waals surface area contributed by atoms with Gasteiger partial charge in [-0.2, -0.15) is 0 Å². The minimum absolute atomic E-state index is 0.249. The van der Waals surface area contributed by atoms with Crippen molar-refractivity contribution in [3.05, 3.63) is 34.9 Å². The third-order valence-corrected chi connectivity index (χ3v) is 3.03. The van der Waals surface area contributed by atoms with Crippen LogP contribution in [-0.2, 0) is 12.8 Å². The molecule has 1 aliphatic rings. The molecule has 1 aromatic rings. The number of fused-ring (bicyclic) bond motifs is 1. The zero-order chi connectivity index (χ0) is 10.1. The second-order valence-electron chi connectivity index (χ2n) is 4.15. The first-order valence-corrected chi connectivity index (χ1v) is 5.24. The van der Waals surface area contributed by atoms with Gasteiger partial charge in [0.05, 0.1) is 12.1 Å². The average Bonchev–Trinajstić information content (AvgIpc) is 2.62. The van der Waals surface area contributed by atoms with Gasteiger partial charge in [0.25, 0.3) is 0 Å². The van der Waals surface area contributed by atoms with Crippen molar-refractivity contribution in [1.29, 1.82) is 0 Å². The van der Waals surface area contributed by atoms with Crippen molar-refractivity contribution in [1.82, 2.24) is 0 Å². The van der Waals surface area contributed by atoms with E-state index < -0.39 is 6.10 Å². The van der Waals surface area contributed by atoms with Crippen LogP contribution >= 0.6 is 0 Å². The summed E-state index contributed by atoms with van der Waals surface area (Å²) in [6.07, 6.45) is 3.13. The van der Waals surface area contributed by atoms with Crippen LogP contribution in [0.25, 0.3) is 0 Å². The van der Waals surface area contributed by atoms with E-state index in [-0.39, 0.29) is 6.04 Å². The molecular formula is C12H17NO. The molecule has 0 aromatic heterocycles. The topological polar surface area (TPSA) is 46.2 Å². The van der Waals surface area contributed by atoms with E-state index in [1.165, 1.54) is 24.0 Å². The summed E-state index contributed by atoms with van der Waals surface area (Å²) < 4.78 is 0. The maximum atomic E-state index is 9.40. The second-order valence-corrected chi connectivity index (χ2v) is 4.15. The fourth-order valence-corrected chi connectivity index (χ4v) is 2.08. The molecule has 0 unspecified atom stereocenters. The summed E-state index contributed by atoms with van der Waals surface area (Å²) in [5, 5.41) is 9.40. The van der Waals surface area contributed by atoms with Gasteiger partial charge in [-0.3, -0.25) is 0 Å². The van der Waals surface area contributed by atoms with Crippen LogP contribution in [0.4, 0.5) is 0 Å². The Hall–Kier alpha value is -0.860. The van der Waals surface area contributed by atoms with Crippen LogP contribution in [0.2, 0.25) is 0 Å². The van der Waals surface area contributed by atoms with Gasteiger partial charge in [0.1, 0.15) is 0 Å². The smallest absolute Gasteiger partial charge is 0.0704 e. The third kappa shape index (κ3) is 1.68. The molecule has 2 atom stereocenters. The first-order valence-electron chi connectivity index (χ1n) is 5.24. The zero-order valence-corrected chi connectivity index (χ0v) is 8.53. The van der Waals surface area contributed by atoms with E-state index in [0.717, 1.165) is 12.0 Å². The Morgan fingerprint density at radius 1 is 1.29 bits per heavy atom. The molecule has 0 saturated carbocycles. The number of aryl methyl sites for hydroxylation is 2. The first kappa shape index (κ1) is 9.69. The normalized spacial score (nSPS) is 19.1. The van der Waals surface area contributed by atoms with Crippen LogP contribution in [0.1, 0.15) is 36.1 Å². The van der Waals surface area contributed by atoms with E-state index in [2.05, 4.69) is 12.1 Å². The third-order valence-electron chi connectivity index (χ3n) is 3.03. The van der Waals surface area contributed by atoms with Crippen LogP contribution < -0.4 is 5.73 Å². The van der Waals surface area contributed by atoms with Gasteiger partial charge >= 0.3 is 0 Å². The minimum atomic E-state index is -0.477. The van der Waals surface area contributed by atoms with Gasteiger partial charge in [-0.25, -0.2) is 0 Å². The number of hydrogen-bond acceptors (Lipinski definition) is 2. The summed E-state index contributed by atoms with van der Waals surface area (Å²) in [4.78, 5) is 0. The van der Waals surface area contributed by atoms with Crippen molar-refractivity contribution in [2.75, 3.05) is 0 Å². The van der Waals surface area contributed by atoms with E-state index in [4.69, 9.17) is 5.73 Å². The Morgan fingerprint density at radius 3 is 2.71 bits per heavy atom. The van der Waals surface area contributed by atoms with Gasteiger partial charge in [-0.1, -0.05) is 18.2 Å². The number of benzene rings is 1. The fraction of sp³-hybridized carbons (Fsp3) is 0.500. The molecular weight excluding hydrogens is 174 g/mol. The molecule has 0 radical (unpaired) electrons. The summed E-state index contributed by atoms with van der Waals surface area (Å²) in [6.45, 7) is 1.73. The number of aliphatic hydroxyl groups excluding tert-OH is 1. The number of rotatable bonds is 2. The van der Waals surface area contributed by atoms with Gasteiger partial charge in [-0.05, 0) is 42.9 Å². The summed E-state index contributed by atoms with van der Waals surface area (Å²) in [6, 6.07) is 6.10. The maximum absolute atomic E-state index is 9.40. The molecule has 1 aliphatic carbocycles. The van der Waals surface area contributed by atoms with Gasteiger partial charge in [0.2, 0.25) is 0 Å². The van der Waals surface area contributed by atoms with Crippen molar-refractivity contribution in [3.8, 4) is 0 Å². The molecule has 14 heavy (non-hydrogen) atoms. The highest BCUT2D eigenvalue weighted by Crippen LogP contribution is 2.25. The molecule has 2 nitrogen and oxygen atoms in total. The first-order chi connectivity index (χ1) is 6.68. The minimum Gasteiger partial charge on any atom is -0.391 e. The van der Waals surface area contributed by atoms with Gasteiger partial charge < -0.3 is 10.8 Å². The Morgan fingerprint density at radius 2 is 2.00 bits per heavy atom. The van der Waals surface area contributed by atoms with E-state index in [9.17, 15) is 5.11 Å². The SMILES string of the molecule is C[C@H](O)[C@H](N)c1ccc2c(c1)CCC2. The van der Waals surface area contributed by atoms with E-state index >= 15 is 0 Å². The molecule has 0 heterocycles. The van der Waals surface area contributed by atoms with E-state index in [0.29, 0.717) is 0 Å².